The molecule has 1 atom stereocenters. The molecule has 1 aliphatic rings. The van der Waals surface area contributed by atoms with Gasteiger partial charge < -0.3 is 0 Å². The van der Waals surface area contributed by atoms with Gasteiger partial charge in [-0.15, -0.1) is 22.7 Å². The summed E-state index contributed by atoms with van der Waals surface area (Å²) in [7, 11) is -2.02. The Morgan fingerprint density at radius 2 is 1.11 bits per heavy atom. The highest BCUT2D eigenvalue weighted by molar-refractivity contribution is 7.31. The van der Waals surface area contributed by atoms with E-state index in [2.05, 4.69) is 93.7 Å². The lowest BCUT2D eigenvalue weighted by Gasteiger charge is -2.34. The summed E-state index contributed by atoms with van der Waals surface area (Å²) in [5.74, 6) is 0.847. The standard InChI is InChI=1S/C33H48S2Si/c1-6-8-10-12-13-15-17-28(16-14-11-9-7-2)24-36(29-20-18-25(3)19-21-29)30-22-26(4)34-32(30)33-31(36)23-27(5)35-33/h18-23,28H,6-17,24H2,1-5H3. The topological polar surface area (TPSA) is 0 Å². The number of aryl methyl sites for hydroxylation is 3. The fourth-order valence-corrected chi connectivity index (χ4v) is 15.8. The molecule has 2 aromatic heterocycles. The van der Waals surface area contributed by atoms with Crippen LogP contribution in [0.3, 0.4) is 0 Å². The summed E-state index contributed by atoms with van der Waals surface area (Å²) in [6.07, 6.45) is 16.9. The fraction of sp³-hybridized carbons (Fsp3) is 0.576. The number of hydrogen-bond acceptors (Lipinski definition) is 2. The van der Waals surface area contributed by atoms with E-state index in [1.54, 1.807) is 25.3 Å². The highest BCUT2D eigenvalue weighted by Crippen LogP contribution is 2.42. The summed E-state index contributed by atoms with van der Waals surface area (Å²) in [5, 5.41) is 5.15. The number of fused-ring (bicyclic) bond motifs is 3. The first-order valence-corrected chi connectivity index (χ1v) is 18.6. The van der Waals surface area contributed by atoms with Crippen LogP contribution in [0.5, 0.6) is 0 Å². The van der Waals surface area contributed by atoms with Gasteiger partial charge in [-0.25, -0.2) is 0 Å². The van der Waals surface area contributed by atoms with E-state index < -0.39 is 8.07 Å². The zero-order chi connectivity index (χ0) is 25.5. The van der Waals surface area contributed by atoms with Crippen molar-refractivity contribution in [2.45, 2.75) is 118 Å². The Labute approximate surface area is 230 Å². The Kier molecular flexibility index (Phi) is 10.1. The van der Waals surface area contributed by atoms with Gasteiger partial charge in [0.05, 0.1) is 0 Å². The van der Waals surface area contributed by atoms with Gasteiger partial charge in [-0.1, -0.05) is 121 Å². The minimum absolute atomic E-state index is 0.847. The van der Waals surface area contributed by atoms with Gasteiger partial charge in [-0.05, 0) is 60.4 Å². The van der Waals surface area contributed by atoms with E-state index in [0.29, 0.717) is 0 Å². The van der Waals surface area contributed by atoms with Crippen molar-refractivity contribution in [3.8, 4) is 9.75 Å². The molecule has 4 rings (SSSR count). The van der Waals surface area contributed by atoms with Crippen LogP contribution in [0.2, 0.25) is 6.04 Å². The molecule has 0 nitrogen and oxygen atoms in total. The summed E-state index contributed by atoms with van der Waals surface area (Å²) in [5.41, 5.74) is 1.38. The Morgan fingerprint density at radius 1 is 0.639 bits per heavy atom. The van der Waals surface area contributed by atoms with Crippen LogP contribution in [-0.4, -0.2) is 8.07 Å². The van der Waals surface area contributed by atoms with Gasteiger partial charge in [0.25, 0.3) is 0 Å². The molecular weight excluding hydrogens is 489 g/mol. The summed E-state index contributed by atoms with van der Waals surface area (Å²) < 4.78 is 0. The van der Waals surface area contributed by atoms with E-state index in [4.69, 9.17) is 0 Å². The molecule has 0 fully saturated rings. The molecule has 0 amide bonds. The monoisotopic (exact) mass is 536 g/mol. The highest BCUT2D eigenvalue weighted by Gasteiger charge is 2.50. The largest absolute Gasteiger partial charge is 0.152 e. The van der Waals surface area contributed by atoms with E-state index in [9.17, 15) is 0 Å². The van der Waals surface area contributed by atoms with Crippen LogP contribution < -0.4 is 15.6 Å². The predicted octanol–water partition coefficient (Wildman–Crippen LogP) is 9.52. The normalized spacial score (nSPS) is 14.7. The van der Waals surface area contributed by atoms with Gasteiger partial charge in [0.1, 0.15) is 0 Å². The second-order valence-corrected chi connectivity index (χ2v) is 17.8. The van der Waals surface area contributed by atoms with Crippen molar-refractivity contribution in [2.75, 3.05) is 0 Å². The Bertz CT molecular complexity index is 1040. The van der Waals surface area contributed by atoms with E-state index in [1.807, 2.05) is 0 Å². The van der Waals surface area contributed by atoms with Crippen molar-refractivity contribution >= 4 is 46.3 Å². The molecule has 0 radical (unpaired) electrons. The maximum Gasteiger partial charge on any atom is 0.152 e. The van der Waals surface area contributed by atoms with Crippen LogP contribution in [-0.2, 0) is 0 Å². The minimum Gasteiger partial charge on any atom is -0.140 e. The average Bonchev–Trinajstić information content (AvgIpc) is 3.50. The Morgan fingerprint density at radius 3 is 1.64 bits per heavy atom. The van der Waals surface area contributed by atoms with Crippen LogP contribution in [0.4, 0.5) is 0 Å². The molecule has 1 aromatic carbocycles. The third-order valence-corrected chi connectivity index (χ3v) is 16.2. The van der Waals surface area contributed by atoms with Crippen LogP contribution in [0.25, 0.3) is 9.75 Å². The lowest BCUT2D eigenvalue weighted by atomic mass is 9.96. The fourth-order valence-electron chi connectivity index (χ4n) is 6.49. The number of rotatable bonds is 15. The molecule has 0 spiro atoms. The van der Waals surface area contributed by atoms with E-state index >= 15 is 0 Å². The summed E-state index contributed by atoms with van der Waals surface area (Å²) >= 11 is 4.12. The van der Waals surface area contributed by atoms with Gasteiger partial charge in [0.2, 0.25) is 0 Å². The first kappa shape index (κ1) is 27.9. The molecule has 3 heterocycles. The number of benzene rings is 1. The summed E-state index contributed by atoms with van der Waals surface area (Å²) in [4.78, 5) is 6.24. The van der Waals surface area contributed by atoms with E-state index in [0.717, 1.165) is 5.92 Å². The van der Waals surface area contributed by atoms with Crippen molar-refractivity contribution in [1.29, 1.82) is 0 Å². The number of hydrogen-bond donors (Lipinski definition) is 0. The van der Waals surface area contributed by atoms with Gasteiger partial charge in [-0.2, -0.15) is 0 Å². The average molecular weight is 537 g/mol. The molecule has 3 heteroatoms. The maximum atomic E-state index is 2.60. The van der Waals surface area contributed by atoms with Crippen LogP contribution in [0.15, 0.2) is 36.4 Å². The molecule has 0 bridgehead atoms. The van der Waals surface area contributed by atoms with E-state index in [1.165, 1.54) is 98.4 Å². The number of thiophene rings is 2. The summed E-state index contributed by atoms with van der Waals surface area (Å²) in [6, 6.07) is 16.4. The lowest BCUT2D eigenvalue weighted by molar-refractivity contribution is 0.431. The smallest absolute Gasteiger partial charge is 0.140 e. The van der Waals surface area contributed by atoms with Crippen molar-refractivity contribution in [3.05, 3.63) is 51.7 Å². The van der Waals surface area contributed by atoms with Crippen LogP contribution in [0, 0.1) is 26.7 Å². The van der Waals surface area contributed by atoms with Crippen LogP contribution in [0.1, 0.15) is 106 Å². The first-order chi connectivity index (χ1) is 17.5. The molecule has 0 saturated heterocycles. The molecule has 1 unspecified atom stereocenters. The van der Waals surface area contributed by atoms with Gasteiger partial charge in [0.15, 0.2) is 8.07 Å². The molecule has 0 aliphatic carbocycles. The maximum absolute atomic E-state index is 2.60. The minimum atomic E-state index is -2.02. The summed E-state index contributed by atoms with van der Waals surface area (Å²) in [6.45, 7) is 11.6. The zero-order valence-electron chi connectivity index (χ0n) is 23.6. The molecule has 0 N–H and O–H groups in total. The van der Waals surface area contributed by atoms with Gasteiger partial charge in [-0.3, -0.25) is 0 Å². The predicted molar refractivity (Wildman–Crippen MR) is 168 cm³/mol. The molecule has 36 heavy (non-hydrogen) atoms. The molecule has 196 valence electrons. The highest BCUT2D eigenvalue weighted by atomic mass is 32.1. The zero-order valence-corrected chi connectivity index (χ0v) is 26.2. The lowest BCUT2D eigenvalue weighted by Crippen LogP contribution is -2.65. The second kappa shape index (κ2) is 13.1. The van der Waals surface area contributed by atoms with Crippen molar-refractivity contribution in [1.82, 2.24) is 0 Å². The number of unbranched alkanes of at least 4 members (excludes halogenated alkanes) is 8. The third kappa shape index (κ3) is 6.10. The van der Waals surface area contributed by atoms with Gasteiger partial charge in [0, 0.05) is 19.5 Å². The molecule has 3 aromatic rings. The first-order valence-electron chi connectivity index (χ1n) is 14.8. The third-order valence-electron chi connectivity index (χ3n) is 8.41. The Balaban J connectivity index is 1.68. The van der Waals surface area contributed by atoms with Gasteiger partial charge >= 0.3 is 0 Å². The molecule has 0 saturated carbocycles. The van der Waals surface area contributed by atoms with Crippen molar-refractivity contribution in [2.24, 2.45) is 5.92 Å². The SMILES string of the molecule is CCCCCCCCC(CCCCCC)C[Si]1(c2ccc(C)cc2)c2cc(C)sc2-c2sc(C)cc21. The quantitative estimate of drug-likeness (QED) is 0.134. The Hall–Kier alpha value is -1.16. The van der Waals surface area contributed by atoms with Crippen molar-refractivity contribution in [3.63, 3.8) is 0 Å². The van der Waals surface area contributed by atoms with E-state index in [-0.39, 0.29) is 0 Å². The van der Waals surface area contributed by atoms with Crippen molar-refractivity contribution < 1.29 is 0 Å². The molecular formula is C33H48S2Si. The molecule has 1 aliphatic heterocycles. The van der Waals surface area contributed by atoms with Crippen LogP contribution >= 0.6 is 22.7 Å². The second-order valence-electron chi connectivity index (χ2n) is 11.4.